The fraction of sp³-hybridized carbons (Fsp3) is 0.174. The number of sulfonamides is 1. The normalized spacial score (nSPS) is 11.3. The van der Waals surface area contributed by atoms with Gasteiger partial charge in [-0.15, -0.1) is 11.3 Å². The molecule has 0 radical (unpaired) electrons. The Morgan fingerprint density at radius 2 is 1.79 bits per heavy atom. The Balaban J connectivity index is 1.50. The van der Waals surface area contributed by atoms with Crippen LogP contribution in [0.4, 0.5) is 16.3 Å². The minimum Gasteiger partial charge on any atom is -0.340 e. The highest BCUT2D eigenvalue weighted by Gasteiger charge is 2.17. The van der Waals surface area contributed by atoms with Crippen LogP contribution in [-0.2, 0) is 10.0 Å². The summed E-state index contributed by atoms with van der Waals surface area (Å²) in [5.74, 6) is 0.627. The average Bonchev–Trinajstić information content (AvgIpc) is 3.25. The van der Waals surface area contributed by atoms with Gasteiger partial charge < -0.3 is 10.6 Å². The molecule has 4 aromatic rings. The number of nitrogens with zero attached hydrogens (tertiary/aromatic N) is 2. The lowest BCUT2D eigenvalue weighted by atomic mass is 10.2. The van der Waals surface area contributed by atoms with Crippen molar-refractivity contribution in [2.45, 2.75) is 24.7 Å². The van der Waals surface area contributed by atoms with Gasteiger partial charge in [0.2, 0.25) is 0 Å². The first kappa shape index (κ1) is 22.7. The second-order valence-corrected chi connectivity index (χ2v) is 10.00. The smallest absolute Gasteiger partial charge is 0.328 e. The fourth-order valence-electron chi connectivity index (χ4n) is 3.15. The molecule has 0 atom stereocenters. The summed E-state index contributed by atoms with van der Waals surface area (Å²) in [5.41, 5.74) is 1.76. The number of unbranched alkanes of at least 4 members (excludes halogenated alkanes) is 1. The lowest BCUT2D eigenvalue weighted by Gasteiger charge is -2.10. The van der Waals surface area contributed by atoms with E-state index in [0.717, 1.165) is 33.5 Å². The number of hydrogen-bond acceptors (Lipinski definition) is 7. The number of urea groups is 1. The summed E-state index contributed by atoms with van der Waals surface area (Å²) in [6, 6.07) is 17.5. The third-order valence-electron chi connectivity index (χ3n) is 4.86. The van der Waals surface area contributed by atoms with Gasteiger partial charge in [-0.2, -0.15) is 0 Å². The zero-order valence-corrected chi connectivity index (χ0v) is 19.5. The van der Waals surface area contributed by atoms with Gasteiger partial charge in [0.25, 0.3) is 10.0 Å². The molecule has 2 aromatic carbocycles. The summed E-state index contributed by atoms with van der Waals surface area (Å²) in [5, 5.41) is 6.63. The van der Waals surface area contributed by atoms with Crippen molar-refractivity contribution < 1.29 is 13.2 Å². The van der Waals surface area contributed by atoms with Crippen LogP contribution in [0.3, 0.4) is 0 Å². The summed E-state index contributed by atoms with van der Waals surface area (Å²) in [6.45, 7) is 2.40. The molecule has 0 bridgehead atoms. The molecule has 0 spiro atoms. The molecule has 0 unspecified atom stereocenters. The topological polar surface area (TPSA) is 113 Å². The molecule has 0 fully saturated rings. The molecule has 0 saturated carbocycles. The van der Waals surface area contributed by atoms with E-state index >= 15 is 0 Å². The highest BCUT2D eigenvalue weighted by atomic mass is 32.2. The molecule has 0 aliphatic heterocycles. The van der Waals surface area contributed by atoms with Crippen LogP contribution >= 0.6 is 11.3 Å². The molecule has 0 saturated heterocycles. The largest absolute Gasteiger partial charge is 0.340 e. The predicted molar refractivity (Wildman–Crippen MR) is 131 cm³/mol. The quantitative estimate of drug-likeness (QED) is 0.309. The lowest BCUT2D eigenvalue weighted by molar-refractivity contribution is 0.245. The van der Waals surface area contributed by atoms with Crippen LogP contribution in [0.25, 0.3) is 20.7 Å². The van der Waals surface area contributed by atoms with Crippen molar-refractivity contribution in [2.24, 2.45) is 0 Å². The van der Waals surface area contributed by atoms with Gasteiger partial charge in [0.15, 0.2) is 0 Å². The summed E-state index contributed by atoms with van der Waals surface area (Å²) in [7, 11) is -3.96. The predicted octanol–water partition coefficient (Wildman–Crippen LogP) is 4.89. The van der Waals surface area contributed by atoms with Crippen LogP contribution in [-0.4, -0.2) is 31.0 Å². The van der Waals surface area contributed by atoms with Gasteiger partial charge in [0.1, 0.15) is 17.0 Å². The maximum absolute atomic E-state index is 12.4. The maximum atomic E-state index is 12.4. The van der Waals surface area contributed by atoms with Crippen LogP contribution in [0.1, 0.15) is 19.8 Å². The Hall–Kier alpha value is -3.50. The van der Waals surface area contributed by atoms with Crippen LogP contribution in [0.5, 0.6) is 0 Å². The van der Waals surface area contributed by atoms with E-state index in [9.17, 15) is 13.2 Å². The third-order valence-corrected chi connectivity index (χ3v) is 7.30. The van der Waals surface area contributed by atoms with E-state index in [2.05, 4.69) is 20.6 Å². The highest BCUT2D eigenvalue weighted by Crippen LogP contribution is 2.35. The molecule has 33 heavy (non-hydrogen) atoms. The first-order valence-electron chi connectivity index (χ1n) is 10.4. The van der Waals surface area contributed by atoms with Crippen LogP contribution in [0.2, 0.25) is 0 Å². The Morgan fingerprint density at radius 1 is 1.03 bits per heavy atom. The van der Waals surface area contributed by atoms with Crippen LogP contribution in [0.15, 0.2) is 71.9 Å². The Labute approximate surface area is 196 Å². The van der Waals surface area contributed by atoms with Gasteiger partial charge in [0.05, 0.1) is 10.3 Å². The molecule has 0 aliphatic rings. The van der Waals surface area contributed by atoms with Crippen LogP contribution < -0.4 is 15.4 Å². The number of thiophene rings is 1. The van der Waals surface area contributed by atoms with Gasteiger partial charge in [-0.3, -0.25) is 0 Å². The van der Waals surface area contributed by atoms with Gasteiger partial charge >= 0.3 is 6.03 Å². The minimum absolute atomic E-state index is 0.00609. The lowest BCUT2D eigenvalue weighted by Crippen LogP contribution is -2.39. The van der Waals surface area contributed by atoms with Crippen molar-refractivity contribution in [3.8, 4) is 10.4 Å². The van der Waals surface area contributed by atoms with Gasteiger partial charge in [0, 0.05) is 17.1 Å². The minimum atomic E-state index is -3.96. The Morgan fingerprint density at radius 3 is 2.52 bits per heavy atom. The van der Waals surface area contributed by atoms with Crippen molar-refractivity contribution in [3.05, 3.63) is 67.0 Å². The number of anilines is 2. The van der Waals surface area contributed by atoms with E-state index in [-0.39, 0.29) is 4.90 Å². The number of carbonyl (C=O) groups excluding carboxylic acids is 1. The molecule has 2 aromatic heterocycles. The molecule has 170 valence electrons. The van der Waals surface area contributed by atoms with E-state index in [1.54, 1.807) is 23.5 Å². The zero-order chi connectivity index (χ0) is 23.3. The van der Waals surface area contributed by atoms with Gasteiger partial charge in [-0.1, -0.05) is 43.7 Å². The first-order chi connectivity index (χ1) is 16.0. The third kappa shape index (κ3) is 5.47. The molecule has 2 heterocycles. The van der Waals surface area contributed by atoms with Crippen LogP contribution in [0, 0.1) is 0 Å². The number of amides is 2. The number of hydrogen-bond donors (Lipinski definition) is 3. The first-order valence-corrected chi connectivity index (χ1v) is 12.7. The van der Waals surface area contributed by atoms with Crippen molar-refractivity contribution in [1.82, 2.24) is 20.0 Å². The van der Waals surface area contributed by atoms with Gasteiger partial charge in [-0.25, -0.2) is 27.9 Å². The van der Waals surface area contributed by atoms with Crippen molar-refractivity contribution in [1.29, 1.82) is 0 Å². The van der Waals surface area contributed by atoms with E-state index in [1.165, 1.54) is 18.5 Å². The maximum Gasteiger partial charge on any atom is 0.328 e. The van der Waals surface area contributed by atoms with Crippen molar-refractivity contribution in [3.63, 3.8) is 0 Å². The number of nitrogens with one attached hydrogen (secondary N) is 3. The molecule has 10 heteroatoms. The van der Waals surface area contributed by atoms with E-state index in [4.69, 9.17) is 0 Å². The Bertz CT molecular complexity index is 1350. The molecule has 8 nitrogen and oxygen atoms in total. The van der Waals surface area contributed by atoms with E-state index in [1.807, 2.05) is 48.0 Å². The molecule has 0 aliphatic carbocycles. The average molecular weight is 482 g/mol. The summed E-state index contributed by atoms with van der Waals surface area (Å²) < 4.78 is 26.9. The summed E-state index contributed by atoms with van der Waals surface area (Å²) >= 11 is 1.58. The fourth-order valence-corrected chi connectivity index (χ4v) is 5.08. The molecular formula is C23H23N5O3S2. The monoisotopic (exact) mass is 481 g/mol. The molecular weight excluding hydrogens is 458 g/mol. The highest BCUT2D eigenvalue weighted by molar-refractivity contribution is 7.90. The summed E-state index contributed by atoms with van der Waals surface area (Å²) in [6.07, 6.45) is 3.18. The van der Waals surface area contributed by atoms with Crippen molar-refractivity contribution >= 4 is 49.1 Å². The number of benzene rings is 2. The zero-order valence-electron chi connectivity index (χ0n) is 17.9. The number of carbonyl (C=O) groups is 1. The van der Waals surface area contributed by atoms with E-state index in [0.29, 0.717) is 18.1 Å². The standard InChI is InChI=1S/C23H23N5O3S2/c1-2-3-13-24-23(29)28-33(30,31)18-11-9-17(10-12-18)27-21-19-14-20(16-7-5-4-6-8-16)32-22(19)26-15-25-21/h4-12,14-15H,2-3,13H2,1H3,(H2,24,28,29)(H,25,26,27). The molecule has 3 N–H and O–H groups in total. The van der Waals surface area contributed by atoms with Gasteiger partial charge in [-0.05, 0) is 42.3 Å². The second kappa shape index (κ2) is 9.97. The molecule has 2 amide bonds. The number of fused-ring (bicyclic) bond motifs is 1. The van der Waals surface area contributed by atoms with Crippen molar-refractivity contribution in [2.75, 3.05) is 11.9 Å². The number of aromatic nitrogens is 2. The van der Waals surface area contributed by atoms with E-state index < -0.39 is 16.1 Å². The summed E-state index contributed by atoms with van der Waals surface area (Å²) in [4.78, 5) is 22.5. The Kier molecular flexibility index (Phi) is 6.85. The number of rotatable bonds is 8. The molecule has 4 rings (SSSR count). The SMILES string of the molecule is CCCCNC(=O)NS(=O)(=O)c1ccc(Nc2ncnc3sc(-c4ccccc4)cc23)cc1. The second-order valence-electron chi connectivity index (χ2n) is 7.28.